The molecule has 1 fully saturated rings. The number of ether oxygens (including phenoxy) is 1. The minimum atomic E-state index is 0.152. The minimum absolute atomic E-state index is 0.152. The third-order valence-corrected chi connectivity index (χ3v) is 6.14. The molecule has 2 aliphatic rings. The predicted octanol–water partition coefficient (Wildman–Crippen LogP) is 3.28. The average molecular weight is 351 g/mol. The summed E-state index contributed by atoms with van der Waals surface area (Å²) in [4.78, 5) is 2.57. The lowest BCUT2D eigenvalue weighted by molar-refractivity contribution is 0.115. The van der Waals surface area contributed by atoms with Crippen molar-refractivity contribution in [3.63, 3.8) is 0 Å². The van der Waals surface area contributed by atoms with Gasteiger partial charge in [0, 0.05) is 31.8 Å². The van der Waals surface area contributed by atoms with Gasteiger partial charge >= 0.3 is 0 Å². The zero-order chi connectivity index (χ0) is 17.8. The average Bonchev–Trinajstić information content (AvgIpc) is 3.30. The van der Waals surface area contributed by atoms with Crippen molar-refractivity contribution in [2.45, 2.75) is 31.3 Å². The van der Waals surface area contributed by atoms with E-state index in [0.29, 0.717) is 5.92 Å². The maximum Gasteiger partial charge on any atom is 0.0507 e. The Morgan fingerprint density at radius 1 is 1.04 bits per heavy atom. The molecule has 1 atom stereocenters. The summed E-state index contributed by atoms with van der Waals surface area (Å²) in [6, 6.07) is 19.8. The van der Waals surface area contributed by atoms with Gasteiger partial charge in [-0.25, -0.2) is 0 Å². The summed E-state index contributed by atoms with van der Waals surface area (Å²) in [7, 11) is 2.29. The first kappa shape index (κ1) is 17.7. The molecule has 4 rings (SSSR count). The van der Waals surface area contributed by atoms with Crippen molar-refractivity contribution < 1.29 is 4.74 Å². The molecule has 1 N–H and O–H groups in total. The Morgan fingerprint density at radius 2 is 1.73 bits per heavy atom. The van der Waals surface area contributed by atoms with Crippen molar-refractivity contribution in [1.82, 2.24) is 10.2 Å². The molecule has 138 valence electrons. The largest absolute Gasteiger partial charge is 0.381 e. The summed E-state index contributed by atoms with van der Waals surface area (Å²) in [5, 5.41) is 3.79. The number of rotatable bonds is 7. The fraction of sp³-hybridized carbons (Fsp3) is 0.478. The first-order chi connectivity index (χ1) is 12.8. The molecule has 0 saturated carbocycles. The van der Waals surface area contributed by atoms with Crippen LogP contribution in [0.1, 0.15) is 23.1 Å². The third kappa shape index (κ3) is 3.85. The highest BCUT2D eigenvalue weighted by Crippen LogP contribution is 2.34. The Kier molecular flexibility index (Phi) is 5.39. The quantitative estimate of drug-likeness (QED) is 0.829. The van der Waals surface area contributed by atoms with Crippen LogP contribution in [0.5, 0.6) is 0 Å². The fourth-order valence-electron chi connectivity index (χ4n) is 4.48. The van der Waals surface area contributed by atoms with Gasteiger partial charge in [-0.1, -0.05) is 54.6 Å². The summed E-state index contributed by atoms with van der Waals surface area (Å²) in [6.07, 6.45) is 3.45. The second kappa shape index (κ2) is 7.91. The van der Waals surface area contributed by atoms with Gasteiger partial charge in [0.1, 0.15) is 0 Å². The van der Waals surface area contributed by atoms with Crippen LogP contribution in [0.2, 0.25) is 0 Å². The lowest BCUT2D eigenvalue weighted by Gasteiger charge is -2.39. The smallest absolute Gasteiger partial charge is 0.0507 e. The van der Waals surface area contributed by atoms with E-state index in [0.717, 1.165) is 45.7 Å². The van der Waals surface area contributed by atoms with Gasteiger partial charge in [0.15, 0.2) is 0 Å². The molecule has 3 heteroatoms. The van der Waals surface area contributed by atoms with Crippen LogP contribution in [-0.4, -0.2) is 43.8 Å². The van der Waals surface area contributed by atoms with E-state index >= 15 is 0 Å². The number of hydrogen-bond donors (Lipinski definition) is 1. The SMILES string of the molecule is CN(Cc1ccccc1)C1(CNCC2CCOC2)Cc2ccccc2C1. The van der Waals surface area contributed by atoms with Crippen molar-refractivity contribution in [3.05, 3.63) is 71.3 Å². The molecule has 0 spiro atoms. The summed E-state index contributed by atoms with van der Waals surface area (Å²) < 4.78 is 5.53. The molecule has 2 aromatic rings. The molecule has 1 saturated heterocycles. The zero-order valence-electron chi connectivity index (χ0n) is 15.8. The molecule has 1 heterocycles. The third-order valence-electron chi connectivity index (χ3n) is 6.14. The van der Waals surface area contributed by atoms with Gasteiger partial charge in [-0.05, 0) is 48.9 Å². The highest BCUT2D eigenvalue weighted by molar-refractivity contribution is 5.37. The van der Waals surface area contributed by atoms with Gasteiger partial charge in [0.2, 0.25) is 0 Å². The minimum Gasteiger partial charge on any atom is -0.381 e. The molecular formula is C23H30N2O. The van der Waals surface area contributed by atoms with Gasteiger partial charge in [-0.3, -0.25) is 4.90 Å². The maximum absolute atomic E-state index is 5.53. The van der Waals surface area contributed by atoms with E-state index in [-0.39, 0.29) is 5.54 Å². The number of nitrogens with one attached hydrogen (secondary N) is 1. The summed E-state index contributed by atoms with van der Waals surface area (Å²) in [5.74, 6) is 0.676. The van der Waals surface area contributed by atoms with Crippen LogP contribution < -0.4 is 5.32 Å². The molecule has 0 bridgehead atoms. The van der Waals surface area contributed by atoms with E-state index < -0.39 is 0 Å². The van der Waals surface area contributed by atoms with E-state index in [4.69, 9.17) is 4.74 Å². The van der Waals surface area contributed by atoms with Crippen LogP contribution in [0, 0.1) is 5.92 Å². The first-order valence-electron chi connectivity index (χ1n) is 9.86. The van der Waals surface area contributed by atoms with E-state index in [1.807, 2.05) is 0 Å². The summed E-state index contributed by atoms with van der Waals surface area (Å²) in [6.45, 7) is 4.93. The van der Waals surface area contributed by atoms with E-state index in [1.54, 1.807) is 0 Å². The first-order valence-corrected chi connectivity index (χ1v) is 9.86. The number of likely N-dealkylation sites (N-methyl/N-ethyl adjacent to an activating group) is 1. The predicted molar refractivity (Wildman–Crippen MR) is 106 cm³/mol. The lowest BCUT2D eigenvalue weighted by atomic mass is 9.92. The van der Waals surface area contributed by atoms with E-state index in [2.05, 4.69) is 71.9 Å². The van der Waals surface area contributed by atoms with Crippen molar-refractivity contribution >= 4 is 0 Å². The van der Waals surface area contributed by atoms with E-state index in [1.165, 1.54) is 23.1 Å². The van der Waals surface area contributed by atoms with Gasteiger partial charge in [-0.2, -0.15) is 0 Å². The normalized spacial score (nSPS) is 21.2. The number of benzene rings is 2. The van der Waals surface area contributed by atoms with Gasteiger partial charge in [-0.15, -0.1) is 0 Å². The Hall–Kier alpha value is -1.68. The molecule has 0 radical (unpaired) electrons. The molecule has 0 aromatic heterocycles. The molecule has 1 aliphatic carbocycles. The number of nitrogens with zero attached hydrogens (tertiary/aromatic N) is 1. The van der Waals surface area contributed by atoms with Crippen molar-refractivity contribution in [1.29, 1.82) is 0 Å². The Labute approximate surface area is 157 Å². The van der Waals surface area contributed by atoms with Crippen LogP contribution >= 0.6 is 0 Å². The molecule has 0 amide bonds. The second-order valence-electron chi connectivity index (χ2n) is 8.05. The standard InChI is InChI=1S/C23H30N2O/c1-25(16-19-7-3-2-4-8-19)23(18-24-15-20-11-12-26-17-20)13-21-9-5-6-10-22(21)14-23/h2-10,20,24H,11-18H2,1H3. The van der Waals surface area contributed by atoms with Crippen LogP contribution in [0.15, 0.2) is 54.6 Å². The molecular weight excluding hydrogens is 320 g/mol. The van der Waals surface area contributed by atoms with Crippen LogP contribution in [0.3, 0.4) is 0 Å². The monoisotopic (exact) mass is 350 g/mol. The van der Waals surface area contributed by atoms with Crippen molar-refractivity contribution in [3.8, 4) is 0 Å². The van der Waals surface area contributed by atoms with Crippen LogP contribution in [0.25, 0.3) is 0 Å². The van der Waals surface area contributed by atoms with Crippen LogP contribution in [0.4, 0.5) is 0 Å². The van der Waals surface area contributed by atoms with Gasteiger partial charge in [0.05, 0.1) is 6.61 Å². The maximum atomic E-state index is 5.53. The van der Waals surface area contributed by atoms with Gasteiger partial charge < -0.3 is 10.1 Å². The van der Waals surface area contributed by atoms with E-state index in [9.17, 15) is 0 Å². The second-order valence-corrected chi connectivity index (χ2v) is 8.05. The Balaban J connectivity index is 1.48. The molecule has 3 nitrogen and oxygen atoms in total. The summed E-state index contributed by atoms with van der Waals surface area (Å²) in [5.41, 5.74) is 4.56. The Bertz CT molecular complexity index is 684. The van der Waals surface area contributed by atoms with Gasteiger partial charge in [0.25, 0.3) is 0 Å². The Morgan fingerprint density at radius 3 is 2.38 bits per heavy atom. The summed E-state index contributed by atoms with van der Waals surface area (Å²) >= 11 is 0. The molecule has 26 heavy (non-hydrogen) atoms. The highest BCUT2D eigenvalue weighted by Gasteiger charge is 2.40. The van der Waals surface area contributed by atoms with Crippen LogP contribution in [-0.2, 0) is 24.1 Å². The fourth-order valence-corrected chi connectivity index (χ4v) is 4.48. The lowest BCUT2D eigenvalue weighted by Crippen LogP contribution is -2.54. The molecule has 1 unspecified atom stereocenters. The highest BCUT2D eigenvalue weighted by atomic mass is 16.5. The molecule has 2 aromatic carbocycles. The number of fused-ring (bicyclic) bond motifs is 1. The van der Waals surface area contributed by atoms with Crippen molar-refractivity contribution in [2.24, 2.45) is 5.92 Å². The topological polar surface area (TPSA) is 24.5 Å². The zero-order valence-corrected chi connectivity index (χ0v) is 15.8. The van der Waals surface area contributed by atoms with Crippen molar-refractivity contribution in [2.75, 3.05) is 33.4 Å². The number of hydrogen-bond acceptors (Lipinski definition) is 3. The molecule has 1 aliphatic heterocycles.